The molecular formula is C21H32N4O2. The molecule has 3 rings (SSSR count). The Labute approximate surface area is 162 Å². The number of piperidine rings is 1. The molecule has 2 fully saturated rings. The van der Waals surface area contributed by atoms with E-state index in [1.807, 2.05) is 23.1 Å². The summed E-state index contributed by atoms with van der Waals surface area (Å²) in [5.41, 5.74) is 1.19. The van der Waals surface area contributed by atoms with Crippen molar-refractivity contribution in [3.8, 4) is 0 Å². The third-order valence-electron chi connectivity index (χ3n) is 5.67. The van der Waals surface area contributed by atoms with E-state index >= 15 is 0 Å². The van der Waals surface area contributed by atoms with Crippen LogP contribution in [0.25, 0.3) is 0 Å². The fourth-order valence-electron chi connectivity index (χ4n) is 3.87. The molecule has 2 N–H and O–H groups in total. The Bertz CT molecular complexity index is 614. The Morgan fingerprint density at radius 1 is 1.15 bits per heavy atom. The standard InChI is InChI=1S/C21H32N4O2/c1-17-15-22-11-14-25(17)16-21(27)24-12-9-19(10-13-24)23-20(26)8-7-18-5-3-2-4-6-18/h2-6,17,19,22H,7-16H2,1H3,(H,23,26)/t17-/m1/s1. The van der Waals surface area contributed by atoms with E-state index in [1.165, 1.54) is 5.56 Å². The molecule has 0 aliphatic carbocycles. The van der Waals surface area contributed by atoms with Crippen LogP contribution < -0.4 is 10.6 Å². The van der Waals surface area contributed by atoms with Gasteiger partial charge in [0.2, 0.25) is 11.8 Å². The Morgan fingerprint density at radius 3 is 2.59 bits per heavy atom. The minimum Gasteiger partial charge on any atom is -0.353 e. The van der Waals surface area contributed by atoms with Crippen molar-refractivity contribution in [3.63, 3.8) is 0 Å². The molecule has 2 aliphatic heterocycles. The van der Waals surface area contributed by atoms with E-state index in [2.05, 4.69) is 34.6 Å². The predicted molar refractivity (Wildman–Crippen MR) is 106 cm³/mol. The zero-order valence-corrected chi connectivity index (χ0v) is 16.3. The average molecular weight is 373 g/mol. The number of piperazine rings is 1. The molecule has 0 bridgehead atoms. The van der Waals surface area contributed by atoms with Gasteiger partial charge in [-0.15, -0.1) is 0 Å². The van der Waals surface area contributed by atoms with Gasteiger partial charge in [-0.2, -0.15) is 0 Å². The normalized spacial score (nSPS) is 21.8. The van der Waals surface area contributed by atoms with Crippen LogP contribution in [0.1, 0.15) is 31.7 Å². The third kappa shape index (κ3) is 6.04. The van der Waals surface area contributed by atoms with Crippen molar-refractivity contribution in [1.29, 1.82) is 0 Å². The first kappa shape index (κ1) is 19.8. The maximum atomic E-state index is 12.6. The second kappa shape index (κ2) is 9.85. The summed E-state index contributed by atoms with van der Waals surface area (Å²) in [4.78, 5) is 29.0. The lowest BCUT2D eigenvalue weighted by molar-refractivity contribution is -0.134. The van der Waals surface area contributed by atoms with Gasteiger partial charge >= 0.3 is 0 Å². The number of likely N-dealkylation sites (tertiary alicyclic amines) is 1. The fourth-order valence-corrected chi connectivity index (χ4v) is 3.87. The molecule has 2 aliphatic rings. The first-order valence-corrected chi connectivity index (χ1v) is 10.2. The molecule has 0 unspecified atom stereocenters. The van der Waals surface area contributed by atoms with Crippen LogP contribution in [0.5, 0.6) is 0 Å². The maximum Gasteiger partial charge on any atom is 0.236 e. The number of rotatable bonds is 6. The third-order valence-corrected chi connectivity index (χ3v) is 5.67. The van der Waals surface area contributed by atoms with Gasteiger partial charge in [0.15, 0.2) is 0 Å². The van der Waals surface area contributed by atoms with Crippen molar-refractivity contribution in [3.05, 3.63) is 35.9 Å². The Kier molecular flexibility index (Phi) is 7.24. The number of nitrogens with one attached hydrogen (secondary N) is 2. The summed E-state index contributed by atoms with van der Waals surface area (Å²) in [7, 11) is 0. The lowest BCUT2D eigenvalue weighted by Crippen LogP contribution is -2.54. The number of aryl methyl sites for hydroxylation is 1. The van der Waals surface area contributed by atoms with Crippen molar-refractivity contribution in [1.82, 2.24) is 20.4 Å². The first-order valence-electron chi connectivity index (χ1n) is 10.2. The van der Waals surface area contributed by atoms with Crippen molar-refractivity contribution in [2.24, 2.45) is 0 Å². The summed E-state index contributed by atoms with van der Waals surface area (Å²) in [5.74, 6) is 0.330. The van der Waals surface area contributed by atoms with Crippen molar-refractivity contribution < 1.29 is 9.59 Å². The summed E-state index contributed by atoms with van der Waals surface area (Å²) in [6.07, 6.45) is 2.98. The summed E-state index contributed by atoms with van der Waals surface area (Å²) >= 11 is 0. The van der Waals surface area contributed by atoms with E-state index in [4.69, 9.17) is 0 Å². The first-order chi connectivity index (χ1) is 13.1. The van der Waals surface area contributed by atoms with Crippen molar-refractivity contribution in [2.75, 3.05) is 39.3 Å². The molecule has 6 nitrogen and oxygen atoms in total. The van der Waals surface area contributed by atoms with Gasteiger partial charge in [-0.3, -0.25) is 14.5 Å². The molecule has 0 saturated carbocycles. The van der Waals surface area contributed by atoms with Crippen LogP contribution in [-0.2, 0) is 16.0 Å². The van der Waals surface area contributed by atoms with Crippen molar-refractivity contribution >= 4 is 11.8 Å². The summed E-state index contributed by atoms with van der Waals surface area (Å²) in [5, 5.41) is 6.50. The van der Waals surface area contributed by atoms with Gasteiger partial charge in [-0.25, -0.2) is 0 Å². The van der Waals surface area contributed by atoms with Crippen LogP contribution in [0.4, 0.5) is 0 Å². The monoisotopic (exact) mass is 372 g/mol. The van der Waals surface area contributed by atoms with E-state index in [1.54, 1.807) is 0 Å². The van der Waals surface area contributed by atoms with E-state index in [9.17, 15) is 9.59 Å². The second-order valence-electron chi connectivity index (χ2n) is 7.73. The van der Waals surface area contributed by atoms with E-state index < -0.39 is 0 Å². The Morgan fingerprint density at radius 2 is 1.89 bits per heavy atom. The fraction of sp³-hybridized carbons (Fsp3) is 0.619. The number of amides is 2. The smallest absolute Gasteiger partial charge is 0.236 e. The lowest BCUT2D eigenvalue weighted by Gasteiger charge is -2.37. The quantitative estimate of drug-likeness (QED) is 0.783. The maximum absolute atomic E-state index is 12.6. The molecule has 148 valence electrons. The van der Waals surface area contributed by atoms with Crippen LogP contribution >= 0.6 is 0 Å². The molecule has 0 spiro atoms. The van der Waals surface area contributed by atoms with E-state index in [0.29, 0.717) is 19.0 Å². The highest BCUT2D eigenvalue weighted by Crippen LogP contribution is 2.13. The van der Waals surface area contributed by atoms with Crippen LogP contribution in [0.2, 0.25) is 0 Å². The van der Waals surface area contributed by atoms with Gasteiger partial charge in [-0.05, 0) is 31.7 Å². The largest absolute Gasteiger partial charge is 0.353 e. The SMILES string of the molecule is C[C@@H]1CNCCN1CC(=O)N1CCC(NC(=O)CCc2ccccc2)CC1. The molecule has 6 heteroatoms. The van der Waals surface area contributed by atoms with Crippen molar-refractivity contribution in [2.45, 2.75) is 44.7 Å². The Hall–Kier alpha value is -1.92. The molecule has 0 aromatic heterocycles. The Balaban J connectivity index is 1.35. The molecule has 2 saturated heterocycles. The van der Waals surface area contributed by atoms with Gasteiger partial charge in [0.25, 0.3) is 0 Å². The minimum absolute atomic E-state index is 0.110. The van der Waals surface area contributed by atoms with Crippen LogP contribution in [0.15, 0.2) is 30.3 Å². The predicted octanol–water partition coefficient (Wildman–Crippen LogP) is 1.02. The van der Waals surface area contributed by atoms with Gasteiger partial charge in [0.05, 0.1) is 6.54 Å². The van der Waals surface area contributed by atoms with Gasteiger partial charge in [0.1, 0.15) is 0 Å². The number of carbonyl (C=O) groups excluding carboxylic acids is 2. The molecule has 1 aromatic carbocycles. The van der Waals surface area contributed by atoms with Crippen LogP contribution in [0.3, 0.4) is 0 Å². The van der Waals surface area contributed by atoms with E-state index in [-0.39, 0.29) is 17.9 Å². The highest BCUT2D eigenvalue weighted by Gasteiger charge is 2.27. The molecule has 0 radical (unpaired) electrons. The summed E-state index contributed by atoms with van der Waals surface area (Å²) in [6.45, 7) is 6.99. The molecule has 27 heavy (non-hydrogen) atoms. The zero-order valence-electron chi connectivity index (χ0n) is 16.3. The lowest BCUT2D eigenvalue weighted by atomic mass is 10.0. The topological polar surface area (TPSA) is 64.7 Å². The number of nitrogens with zero attached hydrogens (tertiary/aromatic N) is 2. The van der Waals surface area contributed by atoms with Gasteiger partial charge in [0, 0.05) is 51.2 Å². The summed E-state index contributed by atoms with van der Waals surface area (Å²) in [6, 6.07) is 10.7. The number of carbonyl (C=O) groups is 2. The molecular weight excluding hydrogens is 340 g/mol. The van der Waals surface area contributed by atoms with Gasteiger partial charge in [-0.1, -0.05) is 30.3 Å². The minimum atomic E-state index is 0.110. The highest BCUT2D eigenvalue weighted by molar-refractivity contribution is 5.79. The molecule has 2 heterocycles. The second-order valence-corrected chi connectivity index (χ2v) is 7.73. The molecule has 1 atom stereocenters. The number of hydrogen-bond acceptors (Lipinski definition) is 4. The molecule has 2 amide bonds. The molecule has 1 aromatic rings. The number of hydrogen-bond donors (Lipinski definition) is 2. The average Bonchev–Trinajstić information content (AvgIpc) is 2.69. The van der Waals surface area contributed by atoms with Crippen LogP contribution in [0, 0.1) is 0 Å². The summed E-state index contributed by atoms with van der Waals surface area (Å²) < 4.78 is 0. The van der Waals surface area contributed by atoms with Crippen LogP contribution in [-0.4, -0.2) is 73.0 Å². The van der Waals surface area contributed by atoms with Gasteiger partial charge < -0.3 is 15.5 Å². The van der Waals surface area contributed by atoms with E-state index in [0.717, 1.165) is 52.0 Å². The zero-order chi connectivity index (χ0) is 19.1. The number of benzene rings is 1. The highest BCUT2D eigenvalue weighted by atomic mass is 16.2.